The van der Waals surface area contributed by atoms with Gasteiger partial charge in [-0.3, -0.25) is 4.79 Å². The van der Waals surface area contributed by atoms with Gasteiger partial charge in [-0.15, -0.1) is 0 Å². The number of halogens is 3. The number of amides is 1. The first-order chi connectivity index (χ1) is 17.6. The molecule has 198 valence electrons. The molecule has 1 amide bonds. The Hall–Kier alpha value is -3.37. The number of piperidine rings is 1. The summed E-state index contributed by atoms with van der Waals surface area (Å²) in [4.78, 5) is 29.2. The number of rotatable bonds is 8. The summed E-state index contributed by atoms with van der Waals surface area (Å²) in [6.07, 6.45) is -0.225. The van der Waals surface area contributed by atoms with Crippen molar-refractivity contribution in [2.24, 2.45) is 0 Å². The van der Waals surface area contributed by atoms with Gasteiger partial charge >= 0.3 is 12.1 Å². The second kappa shape index (κ2) is 11.4. The lowest BCUT2D eigenvalue weighted by Crippen LogP contribution is -2.35. The van der Waals surface area contributed by atoms with Gasteiger partial charge in [0.1, 0.15) is 5.75 Å². The van der Waals surface area contributed by atoms with Crippen molar-refractivity contribution >= 4 is 22.8 Å². The molecule has 1 saturated heterocycles. The van der Waals surface area contributed by atoms with Gasteiger partial charge in [-0.2, -0.15) is 13.2 Å². The van der Waals surface area contributed by atoms with E-state index < -0.39 is 18.2 Å². The molecular formula is C27H30F3N3O4. The molecular weight excluding hydrogens is 487 g/mol. The molecule has 37 heavy (non-hydrogen) atoms. The maximum Gasteiger partial charge on any atom is 0.491 e. The molecule has 2 heterocycles. The number of benzene rings is 2. The Balaban J connectivity index is 1.33. The van der Waals surface area contributed by atoms with E-state index in [1.165, 1.54) is 24.3 Å². The SMILES string of the molecule is C[C@H](NCCc1c[nH]c2c(C(=O)N3CCCCC3)cccc12)[C@H](O)c1ccc(OC(=O)C(F)(F)F)cc1. The predicted molar refractivity (Wildman–Crippen MR) is 132 cm³/mol. The number of carbonyl (C=O) groups excluding carboxylic acids is 2. The van der Waals surface area contributed by atoms with Gasteiger partial charge in [0.25, 0.3) is 5.91 Å². The second-order valence-electron chi connectivity index (χ2n) is 9.29. The van der Waals surface area contributed by atoms with Gasteiger partial charge in [0, 0.05) is 30.7 Å². The summed E-state index contributed by atoms with van der Waals surface area (Å²) >= 11 is 0. The van der Waals surface area contributed by atoms with Crippen molar-refractivity contribution in [1.82, 2.24) is 15.2 Å². The fourth-order valence-corrected chi connectivity index (χ4v) is 4.60. The lowest BCUT2D eigenvalue weighted by molar-refractivity contribution is -0.189. The third-order valence-electron chi connectivity index (χ3n) is 6.67. The number of hydrogen-bond donors (Lipinski definition) is 3. The largest absolute Gasteiger partial charge is 0.491 e. The Morgan fingerprint density at radius 2 is 1.81 bits per heavy atom. The quantitative estimate of drug-likeness (QED) is 0.302. The van der Waals surface area contributed by atoms with Crippen LogP contribution < -0.4 is 10.1 Å². The summed E-state index contributed by atoms with van der Waals surface area (Å²) in [5, 5.41) is 14.9. The number of carbonyl (C=O) groups is 2. The number of likely N-dealkylation sites (tertiary alicyclic amines) is 1. The average Bonchev–Trinajstić information content (AvgIpc) is 3.31. The Kier molecular flexibility index (Phi) is 8.19. The number of H-pyrrole nitrogens is 1. The number of hydrogen-bond acceptors (Lipinski definition) is 5. The molecule has 3 aromatic rings. The number of nitrogens with one attached hydrogen (secondary N) is 2. The van der Waals surface area contributed by atoms with Gasteiger partial charge in [0.15, 0.2) is 0 Å². The average molecular weight is 518 g/mol. The van der Waals surface area contributed by atoms with Crippen LogP contribution >= 0.6 is 0 Å². The van der Waals surface area contributed by atoms with Crippen molar-refractivity contribution in [1.29, 1.82) is 0 Å². The highest BCUT2D eigenvalue weighted by Crippen LogP contribution is 2.26. The van der Waals surface area contributed by atoms with Crippen molar-refractivity contribution in [3.05, 3.63) is 65.4 Å². The fourth-order valence-electron chi connectivity index (χ4n) is 4.60. The minimum Gasteiger partial charge on any atom is -0.420 e. The van der Waals surface area contributed by atoms with E-state index >= 15 is 0 Å². The van der Waals surface area contributed by atoms with Gasteiger partial charge in [0.2, 0.25) is 0 Å². The molecule has 0 bridgehead atoms. The van der Waals surface area contributed by atoms with E-state index in [0.717, 1.165) is 48.8 Å². The number of ether oxygens (including phenoxy) is 1. The molecule has 7 nitrogen and oxygen atoms in total. The first kappa shape index (κ1) is 26.7. The van der Waals surface area contributed by atoms with Crippen LogP contribution in [-0.4, -0.2) is 58.7 Å². The van der Waals surface area contributed by atoms with E-state index in [2.05, 4.69) is 15.0 Å². The van der Waals surface area contributed by atoms with Crippen LogP contribution in [0.1, 0.15) is 53.8 Å². The highest BCUT2D eigenvalue weighted by atomic mass is 19.4. The van der Waals surface area contributed by atoms with Crippen molar-refractivity contribution in [3.63, 3.8) is 0 Å². The minimum absolute atomic E-state index is 0.0489. The second-order valence-corrected chi connectivity index (χ2v) is 9.29. The van der Waals surface area contributed by atoms with E-state index in [9.17, 15) is 27.9 Å². The number of aliphatic hydroxyl groups is 1. The number of aromatic amines is 1. The summed E-state index contributed by atoms with van der Waals surface area (Å²) in [6, 6.07) is 10.6. The molecule has 2 aromatic carbocycles. The van der Waals surface area contributed by atoms with Crippen LogP contribution in [0.25, 0.3) is 10.9 Å². The number of nitrogens with zero attached hydrogens (tertiary/aromatic N) is 1. The molecule has 0 saturated carbocycles. The maximum atomic E-state index is 13.0. The highest BCUT2D eigenvalue weighted by Gasteiger charge is 2.41. The van der Waals surface area contributed by atoms with Crippen molar-refractivity contribution in [3.8, 4) is 5.75 Å². The van der Waals surface area contributed by atoms with E-state index in [1.54, 1.807) is 6.92 Å². The van der Waals surface area contributed by atoms with Crippen LogP contribution in [0.3, 0.4) is 0 Å². The van der Waals surface area contributed by atoms with E-state index in [1.807, 2.05) is 29.3 Å². The van der Waals surface area contributed by atoms with Gasteiger partial charge in [-0.25, -0.2) is 4.79 Å². The summed E-state index contributed by atoms with van der Waals surface area (Å²) in [7, 11) is 0. The standard InChI is InChI=1S/C27H30F3N3O4/c1-17(24(34)18-8-10-20(11-9-18)37-26(36)27(28,29)30)31-13-12-19-16-32-23-21(19)6-5-7-22(23)25(35)33-14-3-2-4-15-33/h5-11,16-17,24,31-32,34H,2-4,12-15H2,1H3/t17-,24-/m0/s1. The number of aliphatic hydroxyl groups excluding tert-OH is 1. The lowest BCUT2D eigenvalue weighted by Gasteiger charge is -2.26. The highest BCUT2D eigenvalue weighted by molar-refractivity contribution is 6.06. The number of alkyl halides is 3. The first-order valence-electron chi connectivity index (χ1n) is 12.3. The zero-order valence-electron chi connectivity index (χ0n) is 20.5. The zero-order chi connectivity index (χ0) is 26.6. The molecule has 0 unspecified atom stereocenters. The zero-order valence-corrected chi connectivity index (χ0v) is 20.5. The first-order valence-corrected chi connectivity index (χ1v) is 12.3. The summed E-state index contributed by atoms with van der Waals surface area (Å²) in [5.41, 5.74) is 3.02. The molecule has 2 atom stereocenters. The maximum absolute atomic E-state index is 13.0. The monoisotopic (exact) mass is 517 g/mol. The van der Waals surface area contributed by atoms with Gasteiger partial charge < -0.3 is 25.0 Å². The van der Waals surface area contributed by atoms with Crippen LogP contribution in [0, 0.1) is 0 Å². The van der Waals surface area contributed by atoms with Gasteiger partial charge in [-0.05, 0) is 68.5 Å². The minimum atomic E-state index is -5.08. The molecule has 0 aliphatic carbocycles. The van der Waals surface area contributed by atoms with Crippen LogP contribution in [0.5, 0.6) is 5.75 Å². The number of para-hydroxylation sites is 1. The number of fused-ring (bicyclic) bond motifs is 1. The van der Waals surface area contributed by atoms with Crippen LogP contribution in [0.15, 0.2) is 48.7 Å². The van der Waals surface area contributed by atoms with Crippen molar-refractivity contribution in [2.45, 2.75) is 50.9 Å². The molecule has 3 N–H and O–H groups in total. The van der Waals surface area contributed by atoms with Gasteiger partial charge in [-0.1, -0.05) is 24.3 Å². The van der Waals surface area contributed by atoms with Crippen molar-refractivity contribution < 1.29 is 32.6 Å². The molecule has 4 rings (SSSR count). The van der Waals surface area contributed by atoms with Crippen LogP contribution in [0.2, 0.25) is 0 Å². The third-order valence-corrected chi connectivity index (χ3v) is 6.67. The Labute approximate surface area is 212 Å². The molecule has 1 aromatic heterocycles. The molecule has 1 aliphatic heterocycles. The van der Waals surface area contributed by atoms with E-state index in [4.69, 9.17) is 0 Å². The van der Waals surface area contributed by atoms with E-state index in [0.29, 0.717) is 24.1 Å². The topological polar surface area (TPSA) is 94.7 Å². The third kappa shape index (κ3) is 6.31. The Morgan fingerprint density at radius 3 is 2.49 bits per heavy atom. The fraction of sp³-hybridized carbons (Fsp3) is 0.407. The van der Waals surface area contributed by atoms with Crippen LogP contribution in [0.4, 0.5) is 13.2 Å². The Morgan fingerprint density at radius 1 is 1.11 bits per heavy atom. The van der Waals surface area contributed by atoms with Gasteiger partial charge in [0.05, 0.1) is 17.2 Å². The summed E-state index contributed by atoms with van der Waals surface area (Å²) in [6.45, 7) is 3.92. The molecule has 0 spiro atoms. The lowest BCUT2D eigenvalue weighted by atomic mass is 10.0. The van der Waals surface area contributed by atoms with Crippen molar-refractivity contribution in [2.75, 3.05) is 19.6 Å². The van der Waals surface area contributed by atoms with E-state index in [-0.39, 0.29) is 17.7 Å². The molecule has 1 fully saturated rings. The summed E-state index contributed by atoms with van der Waals surface area (Å²) in [5.74, 6) is -2.50. The molecule has 10 heteroatoms. The summed E-state index contributed by atoms with van der Waals surface area (Å²) < 4.78 is 41.3. The number of aromatic nitrogens is 1. The molecule has 0 radical (unpaired) electrons. The normalized spacial score (nSPS) is 16.0. The Bertz CT molecular complexity index is 1230. The predicted octanol–water partition coefficient (Wildman–Crippen LogP) is 4.52. The smallest absolute Gasteiger partial charge is 0.420 e. The number of esters is 1. The molecule has 1 aliphatic rings. The van der Waals surface area contributed by atoms with Crippen LogP contribution in [-0.2, 0) is 11.2 Å².